The number of likely N-dealkylation sites (tertiary alicyclic amines) is 1. The Morgan fingerprint density at radius 1 is 1.20 bits per heavy atom. The van der Waals surface area contributed by atoms with Crippen molar-refractivity contribution in [3.8, 4) is 0 Å². The van der Waals surface area contributed by atoms with Gasteiger partial charge >= 0.3 is 0 Å². The Labute approximate surface area is 152 Å². The van der Waals surface area contributed by atoms with Crippen molar-refractivity contribution < 1.29 is 4.79 Å². The minimum Gasteiger partial charge on any atom is -0.352 e. The molecule has 2 atom stereocenters. The Bertz CT molecular complexity index is 566. The second-order valence-electron chi connectivity index (χ2n) is 8.07. The number of amides is 1. The second-order valence-corrected chi connectivity index (χ2v) is 8.07. The number of carbonyl (C=O) groups excluding carboxylic acids is 1. The van der Waals surface area contributed by atoms with E-state index < -0.39 is 0 Å². The predicted molar refractivity (Wildman–Crippen MR) is 102 cm³/mol. The molecule has 4 heteroatoms. The maximum atomic E-state index is 12.4. The monoisotopic (exact) mass is 343 g/mol. The van der Waals surface area contributed by atoms with E-state index in [1.807, 2.05) is 0 Å². The first-order valence-corrected chi connectivity index (χ1v) is 9.91. The summed E-state index contributed by atoms with van der Waals surface area (Å²) >= 11 is 0. The first-order chi connectivity index (χ1) is 12.1. The maximum Gasteiger partial charge on any atom is 0.223 e. The Hall–Kier alpha value is -1.39. The molecule has 138 valence electrons. The van der Waals surface area contributed by atoms with Crippen LogP contribution in [-0.4, -0.2) is 36.5 Å². The zero-order chi connectivity index (χ0) is 17.6. The molecule has 2 saturated heterocycles. The molecule has 0 unspecified atom stereocenters. The molecule has 0 aromatic heterocycles. The van der Waals surface area contributed by atoms with Crippen molar-refractivity contribution in [2.45, 2.75) is 58.7 Å². The van der Waals surface area contributed by atoms with E-state index in [0.29, 0.717) is 12.6 Å². The molecular formula is C21H33N3O. The molecule has 2 aliphatic rings. The lowest BCUT2D eigenvalue weighted by Gasteiger charge is -2.30. The number of nitrogens with zero attached hydrogens (tertiary/aromatic N) is 1. The van der Waals surface area contributed by atoms with E-state index in [9.17, 15) is 4.79 Å². The number of rotatable bonds is 5. The van der Waals surface area contributed by atoms with Gasteiger partial charge in [0, 0.05) is 25.0 Å². The first-order valence-electron chi connectivity index (χ1n) is 9.91. The van der Waals surface area contributed by atoms with Crippen molar-refractivity contribution in [2.24, 2.45) is 11.8 Å². The molecule has 3 rings (SSSR count). The van der Waals surface area contributed by atoms with Crippen molar-refractivity contribution in [3.05, 3.63) is 35.4 Å². The van der Waals surface area contributed by atoms with Crippen LogP contribution < -0.4 is 10.6 Å². The summed E-state index contributed by atoms with van der Waals surface area (Å²) in [6.45, 7) is 9.53. The van der Waals surface area contributed by atoms with Crippen LogP contribution in [0, 0.1) is 11.8 Å². The molecule has 2 fully saturated rings. The van der Waals surface area contributed by atoms with Gasteiger partial charge in [0.1, 0.15) is 0 Å². The molecule has 0 aliphatic carbocycles. The topological polar surface area (TPSA) is 44.4 Å². The fourth-order valence-electron chi connectivity index (χ4n) is 4.02. The van der Waals surface area contributed by atoms with Gasteiger partial charge in [-0.1, -0.05) is 31.2 Å². The molecular weight excluding hydrogens is 310 g/mol. The van der Waals surface area contributed by atoms with Crippen molar-refractivity contribution in [1.29, 1.82) is 0 Å². The highest BCUT2D eigenvalue weighted by molar-refractivity contribution is 5.78. The first kappa shape index (κ1) is 18.4. The second kappa shape index (κ2) is 8.81. The number of benzene rings is 1. The molecule has 2 aliphatic heterocycles. The fraction of sp³-hybridized carbons (Fsp3) is 0.667. The van der Waals surface area contributed by atoms with Gasteiger partial charge in [-0.25, -0.2) is 0 Å². The van der Waals surface area contributed by atoms with E-state index in [1.54, 1.807) is 0 Å². The van der Waals surface area contributed by atoms with E-state index >= 15 is 0 Å². The van der Waals surface area contributed by atoms with Gasteiger partial charge in [0.05, 0.1) is 0 Å². The van der Waals surface area contributed by atoms with Crippen LogP contribution >= 0.6 is 0 Å². The minimum atomic E-state index is 0.162. The Morgan fingerprint density at radius 3 is 2.72 bits per heavy atom. The van der Waals surface area contributed by atoms with Crippen LogP contribution in [0.15, 0.2) is 24.3 Å². The molecule has 0 radical (unpaired) electrons. The van der Waals surface area contributed by atoms with Gasteiger partial charge in [-0.15, -0.1) is 0 Å². The summed E-state index contributed by atoms with van der Waals surface area (Å²) in [5.41, 5.74) is 2.56. The summed E-state index contributed by atoms with van der Waals surface area (Å²) in [5.74, 6) is 1.24. The third-order valence-electron chi connectivity index (χ3n) is 5.74. The number of hydrogen-bond donors (Lipinski definition) is 2. The summed E-state index contributed by atoms with van der Waals surface area (Å²) < 4.78 is 0. The molecule has 0 bridgehead atoms. The molecule has 0 spiro atoms. The van der Waals surface area contributed by atoms with Gasteiger partial charge in [0.15, 0.2) is 0 Å². The fourth-order valence-corrected chi connectivity index (χ4v) is 4.02. The summed E-state index contributed by atoms with van der Waals surface area (Å²) in [5, 5.41) is 6.55. The van der Waals surface area contributed by atoms with Crippen molar-refractivity contribution in [2.75, 3.05) is 19.6 Å². The highest BCUT2D eigenvalue weighted by Gasteiger charge is 2.24. The lowest BCUT2D eigenvalue weighted by molar-refractivity contribution is -0.126. The zero-order valence-corrected chi connectivity index (χ0v) is 15.8. The van der Waals surface area contributed by atoms with Gasteiger partial charge in [-0.2, -0.15) is 0 Å². The minimum absolute atomic E-state index is 0.162. The normalized spacial score (nSPS) is 25.7. The number of piperidine rings is 2. The van der Waals surface area contributed by atoms with E-state index in [1.165, 1.54) is 37.1 Å². The molecule has 2 N–H and O–H groups in total. The molecule has 2 heterocycles. The van der Waals surface area contributed by atoms with Crippen molar-refractivity contribution in [3.63, 3.8) is 0 Å². The average Bonchev–Trinajstić information content (AvgIpc) is 2.62. The standard InChI is InChI=1S/C21H33N3O/c1-16-7-10-24(11-8-16)15-19-5-3-4-18(13-19)14-23-21(25)20-6-9-22-17(2)12-20/h3-5,13,16-17,20,22H,6-12,14-15H2,1-2H3,(H,23,25)/t17-,20-/m0/s1. The van der Waals surface area contributed by atoms with E-state index in [0.717, 1.165) is 31.8 Å². The molecule has 25 heavy (non-hydrogen) atoms. The number of nitrogens with one attached hydrogen (secondary N) is 2. The highest BCUT2D eigenvalue weighted by Crippen LogP contribution is 2.19. The molecule has 1 aromatic carbocycles. The van der Waals surface area contributed by atoms with Crippen LogP contribution in [0.25, 0.3) is 0 Å². The number of hydrogen-bond acceptors (Lipinski definition) is 3. The third-order valence-corrected chi connectivity index (χ3v) is 5.74. The van der Waals surface area contributed by atoms with Gasteiger partial charge in [-0.3, -0.25) is 9.69 Å². The van der Waals surface area contributed by atoms with Crippen LogP contribution in [0.1, 0.15) is 50.7 Å². The van der Waals surface area contributed by atoms with E-state index in [-0.39, 0.29) is 11.8 Å². The summed E-state index contributed by atoms with van der Waals surface area (Å²) in [4.78, 5) is 15.0. The lowest BCUT2D eigenvalue weighted by atomic mass is 9.92. The van der Waals surface area contributed by atoms with Crippen LogP contribution in [0.2, 0.25) is 0 Å². The van der Waals surface area contributed by atoms with Crippen LogP contribution in [0.4, 0.5) is 0 Å². The summed E-state index contributed by atoms with van der Waals surface area (Å²) in [6.07, 6.45) is 4.51. The van der Waals surface area contributed by atoms with E-state index in [4.69, 9.17) is 0 Å². The number of carbonyl (C=O) groups is 1. The smallest absolute Gasteiger partial charge is 0.223 e. The lowest BCUT2D eigenvalue weighted by Crippen LogP contribution is -2.42. The van der Waals surface area contributed by atoms with Gasteiger partial charge in [0.2, 0.25) is 5.91 Å². The summed E-state index contributed by atoms with van der Waals surface area (Å²) in [6, 6.07) is 9.14. The predicted octanol–water partition coefficient (Wildman–Crippen LogP) is 2.92. The molecule has 1 aromatic rings. The average molecular weight is 344 g/mol. The quantitative estimate of drug-likeness (QED) is 0.864. The van der Waals surface area contributed by atoms with E-state index in [2.05, 4.69) is 53.6 Å². The molecule has 1 amide bonds. The maximum absolute atomic E-state index is 12.4. The largest absolute Gasteiger partial charge is 0.352 e. The van der Waals surface area contributed by atoms with Crippen molar-refractivity contribution >= 4 is 5.91 Å². The molecule has 0 saturated carbocycles. The SMILES string of the molecule is CC1CCN(Cc2cccc(CNC(=O)[C@H]3CCN[C@@H](C)C3)c2)CC1. The van der Waals surface area contributed by atoms with Gasteiger partial charge < -0.3 is 10.6 Å². The van der Waals surface area contributed by atoms with Gasteiger partial charge in [0.25, 0.3) is 0 Å². The Kier molecular flexibility index (Phi) is 6.49. The van der Waals surface area contributed by atoms with Crippen molar-refractivity contribution in [1.82, 2.24) is 15.5 Å². The zero-order valence-electron chi connectivity index (χ0n) is 15.8. The summed E-state index contributed by atoms with van der Waals surface area (Å²) in [7, 11) is 0. The third kappa shape index (κ3) is 5.55. The van der Waals surface area contributed by atoms with Gasteiger partial charge in [-0.05, 0) is 69.3 Å². The Morgan fingerprint density at radius 2 is 1.96 bits per heavy atom. The van der Waals surface area contributed by atoms with Crippen LogP contribution in [0.3, 0.4) is 0 Å². The Balaban J connectivity index is 1.48. The molecule has 4 nitrogen and oxygen atoms in total. The van der Waals surface area contributed by atoms with Crippen LogP contribution in [0.5, 0.6) is 0 Å². The van der Waals surface area contributed by atoms with Crippen LogP contribution in [-0.2, 0) is 17.9 Å². The highest BCUT2D eigenvalue weighted by atomic mass is 16.1.